The lowest BCUT2D eigenvalue weighted by Gasteiger charge is -2.25. The van der Waals surface area contributed by atoms with Gasteiger partial charge in [0.15, 0.2) is 5.84 Å². The molecule has 0 amide bonds. The highest BCUT2D eigenvalue weighted by molar-refractivity contribution is 5.97. The quantitative estimate of drug-likeness (QED) is 0.284. The van der Waals surface area contributed by atoms with Crippen molar-refractivity contribution in [2.75, 3.05) is 26.3 Å². The number of hydrogen-bond acceptors (Lipinski definition) is 5. The van der Waals surface area contributed by atoms with Gasteiger partial charge in [-0.2, -0.15) is 0 Å². The lowest BCUT2D eigenvalue weighted by molar-refractivity contribution is 0.141. The standard InChI is InChI=1S/C14H23N3O3/c1-11(2)17(7-9-18)8-10-20-13-5-3-12(4-6-13)14(15)16-19/h3-6,11,18-19H,7-10H2,1-2H3,(H2,15,16). The van der Waals surface area contributed by atoms with Crippen LogP contribution in [0.5, 0.6) is 5.75 Å². The van der Waals surface area contributed by atoms with Gasteiger partial charge in [0, 0.05) is 24.7 Å². The summed E-state index contributed by atoms with van der Waals surface area (Å²) >= 11 is 0. The molecular formula is C14H23N3O3. The fraction of sp³-hybridized carbons (Fsp3) is 0.500. The molecule has 0 spiro atoms. The Morgan fingerprint density at radius 1 is 1.30 bits per heavy atom. The van der Waals surface area contributed by atoms with Crippen LogP contribution in [0.3, 0.4) is 0 Å². The predicted octanol–water partition coefficient (Wildman–Crippen LogP) is 0.863. The van der Waals surface area contributed by atoms with Crippen LogP contribution < -0.4 is 10.5 Å². The first-order valence-electron chi connectivity index (χ1n) is 6.64. The third kappa shape index (κ3) is 5.07. The summed E-state index contributed by atoms with van der Waals surface area (Å²) in [6.07, 6.45) is 0. The second kappa shape index (κ2) is 8.39. The van der Waals surface area contributed by atoms with Gasteiger partial charge in [0.2, 0.25) is 0 Å². The third-order valence-corrected chi connectivity index (χ3v) is 3.02. The van der Waals surface area contributed by atoms with Gasteiger partial charge in [-0.1, -0.05) is 5.16 Å². The molecule has 0 atom stereocenters. The molecular weight excluding hydrogens is 258 g/mol. The molecule has 0 heterocycles. The van der Waals surface area contributed by atoms with Gasteiger partial charge >= 0.3 is 0 Å². The lowest BCUT2D eigenvalue weighted by atomic mass is 10.2. The van der Waals surface area contributed by atoms with Crippen molar-refractivity contribution in [2.24, 2.45) is 10.9 Å². The van der Waals surface area contributed by atoms with Gasteiger partial charge in [-0.3, -0.25) is 4.90 Å². The van der Waals surface area contributed by atoms with E-state index < -0.39 is 0 Å². The Hall–Kier alpha value is -1.79. The Kier molecular flexibility index (Phi) is 6.83. The van der Waals surface area contributed by atoms with Crippen molar-refractivity contribution >= 4 is 5.84 Å². The van der Waals surface area contributed by atoms with E-state index in [1.807, 2.05) is 0 Å². The van der Waals surface area contributed by atoms with Crippen molar-refractivity contribution in [3.63, 3.8) is 0 Å². The number of nitrogens with zero attached hydrogens (tertiary/aromatic N) is 2. The third-order valence-electron chi connectivity index (χ3n) is 3.02. The van der Waals surface area contributed by atoms with Crippen LogP contribution in [0, 0.1) is 0 Å². The predicted molar refractivity (Wildman–Crippen MR) is 78.2 cm³/mol. The molecule has 6 heteroatoms. The molecule has 0 radical (unpaired) electrons. The number of hydrogen-bond donors (Lipinski definition) is 3. The van der Waals surface area contributed by atoms with E-state index in [2.05, 4.69) is 23.9 Å². The van der Waals surface area contributed by atoms with E-state index in [1.165, 1.54) is 0 Å². The van der Waals surface area contributed by atoms with Crippen LogP contribution in [-0.2, 0) is 0 Å². The number of aliphatic hydroxyl groups is 1. The van der Waals surface area contributed by atoms with Crippen molar-refractivity contribution in [2.45, 2.75) is 19.9 Å². The molecule has 0 aromatic heterocycles. The van der Waals surface area contributed by atoms with Gasteiger partial charge < -0.3 is 20.8 Å². The zero-order chi connectivity index (χ0) is 15.0. The zero-order valence-corrected chi connectivity index (χ0v) is 12.0. The number of rotatable bonds is 8. The summed E-state index contributed by atoms with van der Waals surface area (Å²) in [5.74, 6) is 0.803. The SMILES string of the molecule is CC(C)N(CCO)CCOc1ccc(C(N)=NO)cc1. The number of oxime groups is 1. The Labute approximate surface area is 119 Å². The average molecular weight is 281 g/mol. The summed E-state index contributed by atoms with van der Waals surface area (Å²) in [5.41, 5.74) is 6.12. The fourth-order valence-corrected chi connectivity index (χ4v) is 1.82. The Morgan fingerprint density at radius 2 is 1.95 bits per heavy atom. The monoisotopic (exact) mass is 281 g/mol. The molecule has 0 saturated heterocycles. The van der Waals surface area contributed by atoms with E-state index in [4.69, 9.17) is 20.8 Å². The smallest absolute Gasteiger partial charge is 0.170 e. The lowest BCUT2D eigenvalue weighted by Crippen LogP contribution is -2.36. The maximum atomic E-state index is 8.98. The van der Waals surface area contributed by atoms with E-state index in [-0.39, 0.29) is 12.4 Å². The summed E-state index contributed by atoms with van der Waals surface area (Å²) in [7, 11) is 0. The van der Waals surface area contributed by atoms with E-state index in [1.54, 1.807) is 24.3 Å². The van der Waals surface area contributed by atoms with Crippen LogP contribution >= 0.6 is 0 Å². The maximum absolute atomic E-state index is 8.98. The first-order valence-corrected chi connectivity index (χ1v) is 6.64. The summed E-state index contributed by atoms with van der Waals surface area (Å²) in [6.45, 7) is 6.25. The van der Waals surface area contributed by atoms with Crippen molar-refractivity contribution in [1.29, 1.82) is 0 Å². The van der Waals surface area contributed by atoms with E-state index in [0.717, 1.165) is 12.3 Å². The molecule has 0 saturated carbocycles. The summed E-state index contributed by atoms with van der Waals surface area (Å²) in [4.78, 5) is 2.14. The molecule has 4 N–H and O–H groups in total. The second-order valence-electron chi connectivity index (χ2n) is 4.71. The van der Waals surface area contributed by atoms with E-state index in [0.29, 0.717) is 24.8 Å². The number of ether oxygens (including phenoxy) is 1. The van der Waals surface area contributed by atoms with Crippen molar-refractivity contribution < 1.29 is 15.1 Å². The largest absolute Gasteiger partial charge is 0.492 e. The van der Waals surface area contributed by atoms with Crippen LogP contribution in [0.4, 0.5) is 0 Å². The normalized spacial score (nSPS) is 12.2. The molecule has 0 aliphatic rings. The summed E-state index contributed by atoms with van der Waals surface area (Å²) in [5, 5.41) is 20.5. The first-order chi connectivity index (χ1) is 9.58. The van der Waals surface area contributed by atoms with Crippen LogP contribution in [-0.4, -0.2) is 53.4 Å². The van der Waals surface area contributed by atoms with Crippen LogP contribution in [0.25, 0.3) is 0 Å². The summed E-state index contributed by atoms with van der Waals surface area (Å²) < 4.78 is 5.63. The van der Waals surface area contributed by atoms with Crippen molar-refractivity contribution in [1.82, 2.24) is 4.90 Å². The first kappa shape index (κ1) is 16.3. The molecule has 0 bridgehead atoms. The Morgan fingerprint density at radius 3 is 2.45 bits per heavy atom. The molecule has 0 fully saturated rings. The summed E-state index contributed by atoms with van der Waals surface area (Å²) in [6, 6.07) is 7.39. The van der Waals surface area contributed by atoms with Crippen LogP contribution in [0.2, 0.25) is 0 Å². The van der Waals surface area contributed by atoms with Gasteiger partial charge in [0.25, 0.3) is 0 Å². The molecule has 1 rings (SSSR count). The van der Waals surface area contributed by atoms with Gasteiger partial charge in [0.1, 0.15) is 12.4 Å². The van der Waals surface area contributed by atoms with Crippen molar-refractivity contribution in [3.05, 3.63) is 29.8 Å². The molecule has 0 aliphatic carbocycles. The molecule has 112 valence electrons. The molecule has 6 nitrogen and oxygen atoms in total. The second-order valence-corrected chi connectivity index (χ2v) is 4.71. The van der Waals surface area contributed by atoms with Gasteiger partial charge in [-0.25, -0.2) is 0 Å². The van der Waals surface area contributed by atoms with E-state index in [9.17, 15) is 0 Å². The average Bonchev–Trinajstić information content (AvgIpc) is 2.46. The minimum absolute atomic E-state index is 0.0745. The van der Waals surface area contributed by atoms with Gasteiger partial charge in [-0.15, -0.1) is 0 Å². The number of amidine groups is 1. The minimum atomic E-state index is 0.0745. The molecule has 0 aliphatic heterocycles. The highest BCUT2D eigenvalue weighted by atomic mass is 16.5. The van der Waals surface area contributed by atoms with Crippen LogP contribution in [0.15, 0.2) is 29.4 Å². The molecule has 0 unspecified atom stereocenters. The van der Waals surface area contributed by atoms with Gasteiger partial charge in [-0.05, 0) is 38.1 Å². The Balaban J connectivity index is 2.45. The number of nitrogens with two attached hydrogens (primary N) is 1. The fourth-order valence-electron chi connectivity index (χ4n) is 1.82. The number of benzene rings is 1. The molecule has 1 aromatic rings. The zero-order valence-electron chi connectivity index (χ0n) is 12.0. The van der Waals surface area contributed by atoms with E-state index >= 15 is 0 Å². The minimum Gasteiger partial charge on any atom is -0.492 e. The molecule has 20 heavy (non-hydrogen) atoms. The number of aliphatic hydroxyl groups excluding tert-OH is 1. The van der Waals surface area contributed by atoms with Gasteiger partial charge in [0.05, 0.1) is 6.61 Å². The molecule has 1 aromatic carbocycles. The van der Waals surface area contributed by atoms with Crippen LogP contribution in [0.1, 0.15) is 19.4 Å². The van der Waals surface area contributed by atoms with Crippen molar-refractivity contribution in [3.8, 4) is 5.75 Å². The Bertz CT molecular complexity index is 418. The highest BCUT2D eigenvalue weighted by Gasteiger charge is 2.08. The topological polar surface area (TPSA) is 91.3 Å². The highest BCUT2D eigenvalue weighted by Crippen LogP contribution is 2.12. The maximum Gasteiger partial charge on any atom is 0.170 e.